The zero-order valence-corrected chi connectivity index (χ0v) is 17.1. The van der Waals surface area contributed by atoms with Crippen LogP contribution in [0.15, 0.2) is 88.9 Å². The van der Waals surface area contributed by atoms with Gasteiger partial charge in [0, 0.05) is 24.2 Å². The van der Waals surface area contributed by atoms with Crippen LogP contribution in [0.25, 0.3) is 0 Å². The molecule has 0 bridgehead atoms. The Kier molecular flexibility index (Phi) is 5.92. The lowest BCUT2D eigenvalue weighted by atomic mass is 10.2. The molecule has 1 aromatic carbocycles. The topological polar surface area (TPSA) is 119 Å². The number of pyridine rings is 1. The van der Waals surface area contributed by atoms with Crippen LogP contribution in [0.3, 0.4) is 0 Å². The van der Waals surface area contributed by atoms with Crippen molar-refractivity contribution in [3.05, 3.63) is 96.5 Å². The summed E-state index contributed by atoms with van der Waals surface area (Å²) in [5.74, 6) is 0.139. The van der Waals surface area contributed by atoms with Gasteiger partial charge in [-0.25, -0.2) is 13.1 Å². The molecule has 31 heavy (non-hydrogen) atoms. The maximum absolute atomic E-state index is 12.5. The summed E-state index contributed by atoms with van der Waals surface area (Å²) in [7, 11) is -3.72. The van der Waals surface area contributed by atoms with Gasteiger partial charge in [0.15, 0.2) is 0 Å². The molecule has 10 heteroatoms. The number of aromatic nitrogens is 3. The molecule has 0 aliphatic heterocycles. The summed E-state index contributed by atoms with van der Waals surface area (Å²) >= 11 is 0. The van der Waals surface area contributed by atoms with E-state index in [1.165, 1.54) is 30.5 Å². The summed E-state index contributed by atoms with van der Waals surface area (Å²) < 4.78 is 34.0. The quantitative estimate of drug-likeness (QED) is 0.437. The van der Waals surface area contributed by atoms with Crippen LogP contribution in [0.4, 0.5) is 5.69 Å². The van der Waals surface area contributed by atoms with E-state index in [9.17, 15) is 13.2 Å². The summed E-state index contributed by atoms with van der Waals surface area (Å²) in [5.41, 5.74) is 1.90. The summed E-state index contributed by atoms with van der Waals surface area (Å²) in [6, 6.07) is 12.8. The summed E-state index contributed by atoms with van der Waals surface area (Å²) in [6.07, 6.45) is 8.15. The predicted molar refractivity (Wildman–Crippen MR) is 113 cm³/mol. The molecule has 0 saturated carbocycles. The van der Waals surface area contributed by atoms with E-state index in [4.69, 9.17) is 4.42 Å². The van der Waals surface area contributed by atoms with Crippen molar-refractivity contribution in [2.45, 2.75) is 18.0 Å². The van der Waals surface area contributed by atoms with Gasteiger partial charge in [-0.15, -0.1) is 0 Å². The largest absolute Gasteiger partial charge is 0.468 e. The van der Waals surface area contributed by atoms with Gasteiger partial charge in [0.25, 0.3) is 5.91 Å². The first kappa shape index (κ1) is 20.5. The molecule has 0 aliphatic carbocycles. The first-order chi connectivity index (χ1) is 15.0. The van der Waals surface area contributed by atoms with Crippen LogP contribution >= 0.6 is 0 Å². The smallest absolute Gasteiger partial charge is 0.255 e. The first-order valence-corrected chi connectivity index (χ1v) is 10.8. The second-order valence-corrected chi connectivity index (χ2v) is 8.43. The number of carbonyl (C=O) groups is 1. The van der Waals surface area contributed by atoms with E-state index in [-0.39, 0.29) is 17.3 Å². The number of nitrogens with zero attached hydrogens (tertiary/aromatic N) is 3. The van der Waals surface area contributed by atoms with Crippen LogP contribution in [-0.4, -0.2) is 29.1 Å². The third-order valence-corrected chi connectivity index (χ3v) is 5.85. The Morgan fingerprint density at radius 2 is 1.84 bits per heavy atom. The van der Waals surface area contributed by atoms with E-state index in [0.29, 0.717) is 23.6 Å². The number of anilines is 1. The number of benzene rings is 1. The van der Waals surface area contributed by atoms with Crippen LogP contribution in [0.1, 0.15) is 21.7 Å². The molecule has 0 aliphatic rings. The lowest BCUT2D eigenvalue weighted by Crippen LogP contribution is -2.23. The normalized spacial score (nSPS) is 11.4. The second kappa shape index (κ2) is 8.94. The summed E-state index contributed by atoms with van der Waals surface area (Å²) in [5, 5.41) is 6.99. The molecule has 9 nitrogen and oxygen atoms in total. The fourth-order valence-electron chi connectivity index (χ4n) is 2.84. The minimum atomic E-state index is -3.72. The number of hydrogen-bond donors (Lipinski definition) is 2. The van der Waals surface area contributed by atoms with E-state index in [1.807, 2.05) is 12.1 Å². The fraction of sp³-hybridized carbons (Fsp3) is 0.0952. The third kappa shape index (κ3) is 5.24. The number of hydrogen-bond acceptors (Lipinski definition) is 6. The van der Waals surface area contributed by atoms with Crippen LogP contribution in [0.2, 0.25) is 0 Å². The standard InChI is InChI=1S/C21H19N5O4S/c27-21(25-18-12-23-26(15-18)14-16-7-9-22-10-8-16)17-3-5-20(6-4-17)31(28,29)24-13-19-2-1-11-30-19/h1-12,15,24H,13-14H2,(H,25,27). The molecular weight excluding hydrogens is 418 g/mol. The molecule has 0 fully saturated rings. The van der Waals surface area contributed by atoms with E-state index >= 15 is 0 Å². The molecule has 3 aromatic heterocycles. The lowest BCUT2D eigenvalue weighted by molar-refractivity contribution is 0.102. The van der Waals surface area contributed by atoms with Gasteiger partial charge in [-0.05, 0) is 54.1 Å². The molecule has 0 atom stereocenters. The minimum Gasteiger partial charge on any atom is -0.468 e. The lowest BCUT2D eigenvalue weighted by Gasteiger charge is -2.07. The van der Waals surface area contributed by atoms with Crippen molar-refractivity contribution in [2.24, 2.45) is 0 Å². The Hall–Kier alpha value is -3.76. The van der Waals surface area contributed by atoms with Crippen molar-refractivity contribution in [3.8, 4) is 0 Å². The molecule has 158 valence electrons. The highest BCUT2D eigenvalue weighted by atomic mass is 32.2. The Bertz CT molecular complexity index is 1250. The van der Waals surface area contributed by atoms with Gasteiger partial charge in [0.1, 0.15) is 5.76 Å². The minimum absolute atomic E-state index is 0.0427. The molecule has 0 saturated heterocycles. The highest BCUT2D eigenvalue weighted by Crippen LogP contribution is 2.14. The molecule has 2 N–H and O–H groups in total. The van der Waals surface area contributed by atoms with Crippen LogP contribution in [0, 0.1) is 0 Å². The Morgan fingerprint density at radius 3 is 2.55 bits per heavy atom. The zero-order valence-electron chi connectivity index (χ0n) is 16.3. The van der Waals surface area contributed by atoms with Crippen molar-refractivity contribution >= 4 is 21.6 Å². The van der Waals surface area contributed by atoms with Crippen LogP contribution < -0.4 is 10.0 Å². The Labute approximate surface area is 178 Å². The van der Waals surface area contributed by atoms with Gasteiger partial charge in [-0.1, -0.05) is 0 Å². The molecule has 4 rings (SSSR count). The molecule has 0 radical (unpaired) electrons. The van der Waals surface area contributed by atoms with Crippen LogP contribution in [0.5, 0.6) is 0 Å². The molecular formula is C21H19N5O4S. The van der Waals surface area contributed by atoms with Gasteiger partial charge >= 0.3 is 0 Å². The van der Waals surface area contributed by atoms with Crippen molar-refractivity contribution in [1.29, 1.82) is 0 Å². The predicted octanol–water partition coefficient (Wildman–Crippen LogP) is 2.65. The maximum atomic E-state index is 12.5. The van der Waals surface area contributed by atoms with E-state index in [2.05, 4.69) is 20.1 Å². The molecule has 3 heterocycles. The van der Waals surface area contributed by atoms with Gasteiger partial charge in [-0.3, -0.25) is 14.5 Å². The zero-order chi connectivity index (χ0) is 21.7. The van der Waals surface area contributed by atoms with Crippen molar-refractivity contribution in [2.75, 3.05) is 5.32 Å². The van der Waals surface area contributed by atoms with Crippen molar-refractivity contribution in [3.63, 3.8) is 0 Å². The Balaban J connectivity index is 1.37. The average molecular weight is 437 g/mol. The van der Waals surface area contributed by atoms with E-state index < -0.39 is 10.0 Å². The monoisotopic (exact) mass is 437 g/mol. The number of nitrogens with one attached hydrogen (secondary N) is 2. The van der Waals surface area contributed by atoms with Crippen molar-refractivity contribution < 1.29 is 17.6 Å². The van der Waals surface area contributed by atoms with E-state index in [0.717, 1.165) is 5.56 Å². The van der Waals surface area contributed by atoms with Gasteiger partial charge < -0.3 is 9.73 Å². The highest BCUT2D eigenvalue weighted by molar-refractivity contribution is 7.89. The average Bonchev–Trinajstić information content (AvgIpc) is 3.45. The highest BCUT2D eigenvalue weighted by Gasteiger charge is 2.16. The fourth-order valence-corrected chi connectivity index (χ4v) is 3.83. The number of amides is 1. The van der Waals surface area contributed by atoms with Crippen LogP contribution in [-0.2, 0) is 23.1 Å². The molecule has 4 aromatic rings. The number of sulfonamides is 1. The van der Waals surface area contributed by atoms with Gasteiger partial charge in [0.05, 0.1) is 36.1 Å². The SMILES string of the molecule is O=C(Nc1cnn(Cc2ccncc2)c1)c1ccc(S(=O)(=O)NCc2ccco2)cc1. The number of carbonyl (C=O) groups excluding carboxylic acids is 1. The van der Waals surface area contributed by atoms with E-state index in [1.54, 1.807) is 41.6 Å². The summed E-state index contributed by atoms with van der Waals surface area (Å²) in [4.78, 5) is 16.5. The first-order valence-electron chi connectivity index (χ1n) is 9.34. The molecule has 0 unspecified atom stereocenters. The van der Waals surface area contributed by atoms with Crippen molar-refractivity contribution in [1.82, 2.24) is 19.5 Å². The number of furan rings is 1. The second-order valence-electron chi connectivity index (χ2n) is 6.66. The number of rotatable bonds is 8. The molecule has 1 amide bonds. The molecule has 0 spiro atoms. The maximum Gasteiger partial charge on any atom is 0.255 e. The summed E-state index contributed by atoms with van der Waals surface area (Å²) in [6.45, 7) is 0.594. The Morgan fingerprint density at radius 1 is 1.06 bits per heavy atom. The van der Waals surface area contributed by atoms with Gasteiger partial charge in [-0.2, -0.15) is 5.10 Å². The van der Waals surface area contributed by atoms with Gasteiger partial charge in [0.2, 0.25) is 10.0 Å². The third-order valence-electron chi connectivity index (χ3n) is 4.43.